The number of sulfonamides is 1. The standard InChI is InChI=1S/C13H16ClF3N2O4S/c1-12(2)7(6-8(14)13(15,16)17)9(12)10(20)18-4-5-19(11(18)21)24(3,22)23/h6-7,9H,4-5H2,1-3H3. The smallest absolute Gasteiger partial charge is 0.274 e. The maximum Gasteiger partial charge on any atom is 0.426 e. The molecule has 0 aromatic rings. The SMILES string of the molecule is CC1(C)C(C=C(Cl)C(F)(F)F)C1C(=O)N1CCN(S(C)(=O)=O)C1=O. The molecular weight excluding hydrogens is 373 g/mol. The maximum atomic E-state index is 12.5. The lowest BCUT2D eigenvalue weighted by atomic mass is 10.1. The fourth-order valence-corrected chi connectivity index (χ4v) is 3.84. The molecule has 1 saturated carbocycles. The Hall–Kier alpha value is -1.29. The highest BCUT2D eigenvalue weighted by atomic mass is 35.5. The van der Waals surface area contributed by atoms with E-state index in [1.165, 1.54) is 0 Å². The van der Waals surface area contributed by atoms with Gasteiger partial charge in [0.15, 0.2) is 0 Å². The van der Waals surface area contributed by atoms with E-state index in [2.05, 4.69) is 0 Å². The second-order valence-corrected chi connectivity index (χ2v) is 8.76. The number of allylic oxidation sites excluding steroid dienone is 2. The lowest BCUT2D eigenvalue weighted by Gasteiger charge is -2.16. The van der Waals surface area contributed by atoms with E-state index in [0.29, 0.717) is 4.31 Å². The van der Waals surface area contributed by atoms with E-state index >= 15 is 0 Å². The van der Waals surface area contributed by atoms with Crippen molar-refractivity contribution in [3.63, 3.8) is 0 Å². The average Bonchev–Trinajstić information content (AvgIpc) is 2.74. The molecule has 0 aromatic heterocycles. The Morgan fingerprint density at radius 1 is 1.33 bits per heavy atom. The van der Waals surface area contributed by atoms with Gasteiger partial charge in [0.1, 0.15) is 5.03 Å². The van der Waals surface area contributed by atoms with Crippen molar-refractivity contribution in [2.45, 2.75) is 20.0 Å². The Labute approximate surface area is 142 Å². The van der Waals surface area contributed by atoms with Crippen LogP contribution in [-0.2, 0) is 14.8 Å². The molecule has 24 heavy (non-hydrogen) atoms. The number of nitrogens with zero attached hydrogens (tertiary/aromatic N) is 2. The predicted octanol–water partition coefficient (Wildman–Crippen LogP) is 2.17. The maximum absolute atomic E-state index is 12.5. The molecule has 0 N–H and O–H groups in total. The molecule has 1 aliphatic carbocycles. The third-order valence-electron chi connectivity index (χ3n) is 4.41. The van der Waals surface area contributed by atoms with Crippen molar-refractivity contribution in [3.05, 3.63) is 11.1 Å². The van der Waals surface area contributed by atoms with Crippen LogP contribution in [0.3, 0.4) is 0 Å². The average molecular weight is 389 g/mol. The molecule has 1 aliphatic heterocycles. The summed E-state index contributed by atoms with van der Waals surface area (Å²) in [7, 11) is -3.80. The summed E-state index contributed by atoms with van der Waals surface area (Å²) >= 11 is 5.22. The van der Waals surface area contributed by atoms with Crippen LogP contribution in [0.1, 0.15) is 13.8 Å². The number of imide groups is 1. The minimum atomic E-state index is -4.70. The van der Waals surface area contributed by atoms with Gasteiger partial charge in [0.05, 0.1) is 18.7 Å². The molecule has 2 fully saturated rings. The summed E-state index contributed by atoms with van der Waals surface area (Å²) in [5.41, 5.74) is -0.804. The first-order chi connectivity index (χ1) is 10.7. The quantitative estimate of drug-likeness (QED) is 0.742. The fourth-order valence-electron chi connectivity index (χ4n) is 2.91. The van der Waals surface area contributed by atoms with Gasteiger partial charge < -0.3 is 0 Å². The number of carbonyl (C=O) groups excluding carboxylic acids is 2. The molecular formula is C13H16ClF3N2O4S. The Bertz CT molecular complexity index is 717. The summed E-state index contributed by atoms with van der Waals surface area (Å²) in [6, 6.07) is -0.977. The number of hydrogen-bond donors (Lipinski definition) is 0. The second-order valence-electron chi connectivity index (χ2n) is 6.44. The number of amides is 3. The molecule has 3 amide bonds. The molecule has 2 aliphatic rings. The predicted molar refractivity (Wildman–Crippen MR) is 79.4 cm³/mol. The molecule has 136 valence electrons. The van der Waals surface area contributed by atoms with Gasteiger partial charge in [-0.3, -0.25) is 9.69 Å². The molecule has 0 radical (unpaired) electrons. The van der Waals surface area contributed by atoms with Gasteiger partial charge in [-0.15, -0.1) is 0 Å². The van der Waals surface area contributed by atoms with Crippen molar-refractivity contribution in [1.29, 1.82) is 0 Å². The van der Waals surface area contributed by atoms with Crippen LogP contribution in [-0.4, -0.2) is 55.1 Å². The van der Waals surface area contributed by atoms with Crippen LogP contribution in [0.2, 0.25) is 0 Å². The lowest BCUT2D eigenvalue weighted by Crippen LogP contribution is -2.39. The van der Waals surface area contributed by atoms with Gasteiger partial charge in [-0.1, -0.05) is 31.5 Å². The number of hydrogen-bond acceptors (Lipinski definition) is 4. The molecule has 1 saturated heterocycles. The van der Waals surface area contributed by atoms with Gasteiger partial charge in [0.2, 0.25) is 15.9 Å². The zero-order valence-electron chi connectivity index (χ0n) is 13.1. The first kappa shape index (κ1) is 19.0. The summed E-state index contributed by atoms with van der Waals surface area (Å²) in [5.74, 6) is -2.33. The first-order valence-corrected chi connectivity index (χ1v) is 9.19. The summed E-state index contributed by atoms with van der Waals surface area (Å²) in [5, 5.41) is -1.32. The minimum Gasteiger partial charge on any atom is -0.274 e. The van der Waals surface area contributed by atoms with Crippen molar-refractivity contribution in [1.82, 2.24) is 9.21 Å². The van der Waals surface area contributed by atoms with E-state index in [-0.39, 0.29) is 13.1 Å². The molecule has 11 heteroatoms. The van der Waals surface area contributed by atoms with Crippen LogP contribution in [0, 0.1) is 17.3 Å². The Morgan fingerprint density at radius 2 is 1.88 bits per heavy atom. The van der Waals surface area contributed by atoms with E-state index < -0.39 is 50.4 Å². The van der Waals surface area contributed by atoms with Gasteiger partial charge in [-0.2, -0.15) is 13.2 Å². The number of rotatable bonds is 3. The number of halogens is 4. The van der Waals surface area contributed by atoms with Crippen LogP contribution < -0.4 is 0 Å². The Balaban J connectivity index is 2.19. The molecule has 1 heterocycles. The highest BCUT2D eigenvalue weighted by Crippen LogP contribution is 2.60. The van der Waals surface area contributed by atoms with Crippen LogP contribution in [0.25, 0.3) is 0 Å². The molecule has 2 unspecified atom stereocenters. The van der Waals surface area contributed by atoms with Crippen LogP contribution in [0.15, 0.2) is 11.1 Å². The third kappa shape index (κ3) is 3.26. The first-order valence-electron chi connectivity index (χ1n) is 6.96. The summed E-state index contributed by atoms with van der Waals surface area (Å²) in [4.78, 5) is 25.3. The van der Waals surface area contributed by atoms with Crippen molar-refractivity contribution in [2.75, 3.05) is 19.3 Å². The van der Waals surface area contributed by atoms with Gasteiger partial charge in [-0.05, 0) is 11.3 Å². The van der Waals surface area contributed by atoms with E-state index in [0.717, 1.165) is 17.2 Å². The highest BCUT2D eigenvalue weighted by Gasteiger charge is 2.63. The van der Waals surface area contributed by atoms with Crippen LogP contribution in [0.4, 0.5) is 18.0 Å². The molecule has 2 atom stereocenters. The van der Waals surface area contributed by atoms with E-state index in [1.54, 1.807) is 13.8 Å². The largest absolute Gasteiger partial charge is 0.426 e. The van der Waals surface area contributed by atoms with Crippen molar-refractivity contribution < 1.29 is 31.2 Å². The minimum absolute atomic E-state index is 0.124. The third-order valence-corrected chi connectivity index (χ3v) is 5.89. The van der Waals surface area contributed by atoms with Gasteiger partial charge in [0.25, 0.3) is 0 Å². The van der Waals surface area contributed by atoms with Gasteiger partial charge in [0, 0.05) is 6.54 Å². The summed E-state index contributed by atoms with van der Waals surface area (Å²) < 4.78 is 61.1. The summed E-state index contributed by atoms with van der Waals surface area (Å²) in [6.07, 6.45) is -3.09. The van der Waals surface area contributed by atoms with Crippen molar-refractivity contribution >= 4 is 33.6 Å². The normalized spacial score (nSPS) is 27.6. The van der Waals surface area contributed by atoms with Crippen LogP contribution >= 0.6 is 11.6 Å². The molecule has 0 bridgehead atoms. The molecule has 0 aromatic carbocycles. The highest BCUT2D eigenvalue weighted by molar-refractivity contribution is 7.88. The molecule has 2 rings (SSSR count). The zero-order chi connectivity index (χ0) is 18.7. The topological polar surface area (TPSA) is 74.8 Å². The lowest BCUT2D eigenvalue weighted by molar-refractivity contribution is -0.129. The molecule has 0 spiro atoms. The fraction of sp³-hybridized carbons (Fsp3) is 0.692. The van der Waals surface area contributed by atoms with Crippen LogP contribution in [0.5, 0.6) is 0 Å². The van der Waals surface area contributed by atoms with E-state index in [9.17, 15) is 31.2 Å². The van der Waals surface area contributed by atoms with Crippen molar-refractivity contribution in [3.8, 4) is 0 Å². The van der Waals surface area contributed by atoms with E-state index in [4.69, 9.17) is 11.6 Å². The number of urea groups is 1. The van der Waals surface area contributed by atoms with Gasteiger partial charge >= 0.3 is 12.2 Å². The van der Waals surface area contributed by atoms with Crippen molar-refractivity contribution in [2.24, 2.45) is 17.3 Å². The Morgan fingerprint density at radius 3 is 2.29 bits per heavy atom. The molecule has 6 nitrogen and oxygen atoms in total. The van der Waals surface area contributed by atoms with E-state index in [1.807, 2.05) is 0 Å². The van der Waals surface area contributed by atoms with Gasteiger partial charge in [-0.25, -0.2) is 17.5 Å². The Kier molecular flexibility index (Phi) is 4.46. The summed E-state index contributed by atoms with van der Waals surface area (Å²) in [6.45, 7) is 2.89. The number of alkyl halides is 3. The zero-order valence-corrected chi connectivity index (χ0v) is 14.7. The monoisotopic (exact) mass is 388 g/mol. The number of carbonyl (C=O) groups is 2. The second kappa shape index (κ2) is 5.62.